The molecule has 0 amide bonds. The third kappa shape index (κ3) is 3.54. The summed E-state index contributed by atoms with van der Waals surface area (Å²) >= 11 is 0. The van der Waals surface area contributed by atoms with Gasteiger partial charge in [-0.25, -0.2) is 9.78 Å². The van der Waals surface area contributed by atoms with Crippen LogP contribution in [0.5, 0.6) is 0 Å². The van der Waals surface area contributed by atoms with Crippen LogP contribution < -0.4 is 5.32 Å². The van der Waals surface area contributed by atoms with E-state index in [1.54, 1.807) is 12.3 Å². The lowest BCUT2D eigenvalue weighted by molar-refractivity contribution is 0.0691. The topological polar surface area (TPSA) is 79.3 Å². The van der Waals surface area contributed by atoms with Crippen LogP contribution in [-0.4, -0.2) is 38.8 Å². The van der Waals surface area contributed by atoms with E-state index >= 15 is 0 Å². The van der Waals surface area contributed by atoms with Gasteiger partial charge in [-0.15, -0.1) is 0 Å². The summed E-state index contributed by atoms with van der Waals surface area (Å²) in [4.78, 5) is 15.2. The van der Waals surface area contributed by atoms with Gasteiger partial charge in [-0.1, -0.05) is 18.2 Å². The molecule has 2 aromatic rings. The lowest BCUT2D eigenvalue weighted by Gasteiger charge is -2.10. The summed E-state index contributed by atoms with van der Waals surface area (Å²) in [5.74, 6) is -0.421. The Hall–Kier alpha value is -1.95. The van der Waals surface area contributed by atoms with E-state index in [4.69, 9.17) is 5.11 Å². The molecule has 0 spiro atoms. The molecule has 6 heteroatoms. The maximum absolute atomic E-state index is 11.1. The van der Waals surface area contributed by atoms with E-state index in [1.165, 1.54) is 6.07 Å². The minimum Gasteiger partial charge on any atom is -0.477 e. The first-order valence-electron chi connectivity index (χ1n) is 6.25. The average Bonchev–Trinajstić information content (AvgIpc) is 2.42. The molecule has 0 aliphatic carbocycles. The van der Waals surface area contributed by atoms with Crippen molar-refractivity contribution in [2.45, 2.75) is 6.42 Å². The van der Waals surface area contributed by atoms with Crippen molar-refractivity contribution < 1.29 is 14.1 Å². The van der Waals surface area contributed by atoms with Gasteiger partial charge in [0.2, 0.25) is 0 Å². The van der Waals surface area contributed by atoms with Crippen molar-refractivity contribution >= 4 is 33.4 Å². The van der Waals surface area contributed by atoms with Crippen LogP contribution in [0.15, 0.2) is 30.3 Å². The van der Waals surface area contributed by atoms with E-state index in [-0.39, 0.29) is 5.69 Å². The summed E-state index contributed by atoms with van der Waals surface area (Å²) in [5.41, 5.74) is 1.41. The second-order valence-electron chi connectivity index (χ2n) is 4.44. The maximum Gasteiger partial charge on any atom is 0.354 e. The van der Waals surface area contributed by atoms with Crippen LogP contribution >= 0.6 is 0 Å². The average molecular weight is 292 g/mol. The summed E-state index contributed by atoms with van der Waals surface area (Å²) in [6.45, 7) is 0.645. The van der Waals surface area contributed by atoms with Crippen LogP contribution in [0, 0.1) is 0 Å². The lowest BCUT2D eigenvalue weighted by Crippen LogP contribution is -2.08. The molecule has 2 N–H and O–H groups in total. The number of para-hydroxylation sites is 1. The molecule has 20 heavy (non-hydrogen) atoms. The van der Waals surface area contributed by atoms with Gasteiger partial charge in [-0.05, 0) is 18.6 Å². The monoisotopic (exact) mass is 292 g/mol. The SMILES string of the molecule is CS(=O)CCCNc1cc(C(=O)O)nc2ccccc12. The Balaban J connectivity index is 2.25. The largest absolute Gasteiger partial charge is 0.477 e. The van der Waals surface area contributed by atoms with E-state index in [2.05, 4.69) is 10.3 Å². The number of nitrogens with zero attached hydrogens (tertiary/aromatic N) is 1. The highest BCUT2D eigenvalue weighted by Crippen LogP contribution is 2.23. The van der Waals surface area contributed by atoms with Crippen molar-refractivity contribution in [1.29, 1.82) is 0 Å². The minimum absolute atomic E-state index is 0.0188. The Morgan fingerprint density at radius 2 is 2.15 bits per heavy atom. The zero-order valence-electron chi connectivity index (χ0n) is 11.1. The highest BCUT2D eigenvalue weighted by molar-refractivity contribution is 7.84. The number of pyridine rings is 1. The smallest absolute Gasteiger partial charge is 0.354 e. The van der Waals surface area contributed by atoms with Gasteiger partial charge in [-0.2, -0.15) is 0 Å². The number of hydrogen-bond donors (Lipinski definition) is 2. The zero-order valence-corrected chi connectivity index (χ0v) is 11.9. The van der Waals surface area contributed by atoms with Gasteiger partial charge in [0, 0.05) is 40.4 Å². The van der Waals surface area contributed by atoms with Crippen molar-refractivity contribution in [2.75, 3.05) is 23.9 Å². The first kappa shape index (κ1) is 14.5. The van der Waals surface area contributed by atoms with Crippen molar-refractivity contribution in [3.63, 3.8) is 0 Å². The van der Waals surface area contributed by atoms with Gasteiger partial charge in [0.05, 0.1) is 5.52 Å². The third-order valence-electron chi connectivity index (χ3n) is 2.86. The first-order chi connectivity index (χ1) is 9.58. The van der Waals surface area contributed by atoms with E-state index in [0.29, 0.717) is 17.8 Å². The number of fused-ring (bicyclic) bond motifs is 1. The first-order valence-corrected chi connectivity index (χ1v) is 7.97. The zero-order chi connectivity index (χ0) is 14.5. The Bertz CT molecular complexity index is 658. The summed E-state index contributed by atoms with van der Waals surface area (Å²) in [6, 6.07) is 8.93. The second-order valence-corrected chi connectivity index (χ2v) is 5.99. The second kappa shape index (κ2) is 6.47. The predicted molar refractivity (Wildman–Crippen MR) is 80.7 cm³/mol. The number of aromatic carboxylic acids is 1. The normalized spacial score (nSPS) is 12.2. The molecular formula is C14H16N2O3S. The number of carbonyl (C=O) groups is 1. The van der Waals surface area contributed by atoms with Gasteiger partial charge in [-0.3, -0.25) is 4.21 Å². The van der Waals surface area contributed by atoms with Crippen molar-refractivity contribution in [3.05, 3.63) is 36.0 Å². The molecule has 1 unspecified atom stereocenters. The van der Waals surface area contributed by atoms with Gasteiger partial charge >= 0.3 is 5.97 Å². The van der Waals surface area contributed by atoms with Crippen LogP contribution in [0.1, 0.15) is 16.9 Å². The molecule has 2 rings (SSSR count). The quantitative estimate of drug-likeness (QED) is 0.797. The maximum atomic E-state index is 11.1. The molecule has 1 atom stereocenters. The molecule has 1 heterocycles. The Labute approximate surface area is 119 Å². The Kier molecular flexibility index (Phi) is 4.68. The third-order valence-corrected chi connectivity index (χ3v) is 3.72. The number of carboxylic acid groups (broad SMARTS) is 1. The van der Waals surface area contributed by atoms with Crippen LogP contribution in [0.3, 0.4) is 0 Å². The molecule has 0 bridgehead atoms. The van der Waals surface area contributed by atoms with Crippen LogP contribution in [0.4, 0.5) is 5.69 Å². The molecule has 0 saturated carbocycles. The highest BCUT2D eigenvalue weighted by Gasteiger charge is 2.10. The summed E-state index contributed by atoms with van der Waals surface area (Å²) in [7, 11) is -0.809. The van der Waals surface area contributed by atoms with Crippen LogP contribution in [-0.2, 0) is 10.8 Å². The summed E-state index contributed by atoms with van der Waals surface area (Å²) < 4.78 is 11.0. The van der Waals surface area contributed by atoms with E-state index in [1.807, 2.05) is 18.2 Å². The van der Waals surface area contributed by atoms with Crippen molar-refractivity contribution in [3.8, 4) is 0 Å². The molecule has 5 nitrogen and oxygen atoms in total. The lowest BCUT2D eigenvalue weighted by atomic mass is 10.1. The molecule has 0 radical (unpaired) electrons. The van der Waals surface area contributed by atoms with Crippen molar-refractivity contribution in [2.24, 2.45) is 0 Å². The fraction of sp³-hybridized carbons (Fsp3) is 0.286. The number of carboxylic acids is 1. The summed E-state index contributed by atoms with van der Waals surface area (Å²) in [6.07, 6.45) is 2.44. The number of hydrogen-bond acceptors (Lipinski definition) is 4. The standard InChI is InChI=1S/C14H16N2O3S/c1-20(19)8-4-7-15-12-9-13(14(17)18)16-11-6-3-2-5-10(11)12/h2-3,5-6,9H,4,7-8H2,1H3,(H,15,16)(H,17,18). The van der Waals surface area contributed by atoms with Gasteiger partial charge in [0.1, 0.15) is 0 Å². The molecule has 0 fully saturated rings. The van der Waals surface area contributed by atoms with Crippen LogP contribution in [0.25, 0.3) is 10.9 Å². The predicted octanol–water partition coefficient (Wildman–Crippen LogP) is 2.11. The molecule has 106 valence electrons. The number of rotatable bonds is 6. The number of anilines is 1. The fourth-order valence-electron chi connectivity index (χ4n) is 1.93. The number of benzene rings is 1. The van der Waals surface area contributed by atoms with Crippen molar-refractivity contribution in [1.82, 2.24) is 4.98 Å². The Morgan fingerprint density at radius 3 is 2.85 bits per heavy atom. The molecule has 1 aromatic carbocycles. The fourth-order valence-corrected chi connectivity index (χ4v) is 2.48. The molecule has 1 aromatic heterocycles. The highest BCUT2D eigenvalue weighted by atomic mass is 32.2. The minimum atomic E-state index is -1.05. The van der Waals surface area contributed by atoms with Gasteiger partial charge < -0.3 is 10.4 Å². The number of aromatic nitrogens is 1. The molecule has 0 saturated heterocycles. The van der Waals surface area contributed by atoms with E-state index < -0.39 is 16.8 Å². The van der Waals surface area contributed by atoms with Gasteiger partial charge in [0.25, 0.3) is 0 Å². The summed E-state index contributed by atoms with van der Waals surface area (Å²) in [5, 5.41) is 13.2. The Morgan fingerprint density at radius 1 is 1.40 bits per heavy atom. The number of nitrogens with one attached hydrogen (secondary N) is 1. The molecule has 0 aliphatic rings. The van der Waals surface area contributed by atoms with E-state index in [0.717, 1.165) is 17.5 Å². The van der Waals surface area contributed by atoms with E-state index in [9.17, 15) is 9.00 Å². The van der Waals surface area contributed by atoms with Gasteiger partial charge in [0.15, 0.2) is 5.69 Å². The molecule has 0 aliphatic heterocycles. The van der Waals surface area contributed by atoms with Crippen LogP contribution in [0.2, 0.25) is 0 Å². The molecular weight excluding hydrogens is 276 g/mol.